The van der Waals surface area contributed by atoms with Gasteiger partial charge in [0, 0.05) is 23.5 Å². The van der Waals surface area contributed by atoms with Gasteiger partial charge in [-0.05, 0) is 24.3 Å². The van der Waals surface area contributed by atoms with E-state index in [0.717, 1.165) is 5.56 Å². The largest absolute Gasteiger partial charge is 0.472 e. The van der Waals surface area contributed by atoms with E-state index in [1.165, 1.54) is 12.1 Å². The van der Waals surface area contributed by atoms with Crippen molar-refractivity contribution in [2.24, 2.45) is 5.14 Å². The van der Waals surface area contributed by atoms with Gasteiger partial charge in [-0.1, -0.05) is 0 Å². The number of primary sulfonamides is 1. The zero-order valence-corrected chi connectivity index (χ0v) is 10.3. The lowest BCUT2D eigenvalue weighted by atomic mass is 10.2. The summed E-state index contributed by atoms with van der Waals surface area (Å²) in [6.45, 7) is 0.504. The summed E-state index contributed by atoms with van der Waals surface area (Å²) in [7, 11) is -3.76. The maximum absolute atomic E-state index is 11.2. The number of nitrogen functional groups attached to an aromatic ring is 1. The first-order chi connectivity index (χ1) is 8.45. The summed E-state index contributed by atoms with van der Waals surface area (Å²) >= 11 is 0. The van der Waals surface area contributed by atoms with Crippen molar-refractivity contribution in [1.29, 1.82) is 0 Å². The zero-order chi connectivity index (χ0) is 13.2. The van der Waals surface area contributed by atoms with Crippen LogP contribution in [-0.4, -0.2) is 8.42 Å². The highest BCUT2D eigenvalue weighted by Gasteiger charge is 2.09. The summed E-state index contributed by atoms with van der Waals surface area (Å²) < 4.78 is 27.4. The van der Waals surface area contributed by atoms with E-state index >= 15 is 0 Å². The van der Waals surface area contributed by atoms with Crippen LogP contribution >= 0.6 is 0 Å². The summed E-state index contributed by atoms with van der Waals surface area (Å²) in [4.78, 5) is -0.0165. The molecule has 0 aliphatic rings. The molecule has 18 heavy (non-hydrogen) atoms. The first-order valence-electron chi connectivity index (χ1n) is 5.13. The molecule has 7 heteroatoms. The van der Waals surface area contributed by atoms with Gasteiger partial charge in [0.1, 0.15) is 0 Å². The Hall–Kier alpha value is -1.99. The second-order valence-electron chi connectivity index (χ2n) is 3.82. The summed E-state index contributed by atoms with van der Waals surface area (Å²) in [5.41, 5.74) is 7.48. The number of benzene rings is 1. The number of anilines is 2. The van der Waals surface area contributed by atoms with Gasteiger partial charge in [-0.2, -0.15) is 0 Å². The molecule has 2 aromatic rings. The fourth-order valence-corrected chi connectivity index (χ4v) is 2.08. The molecular formula is C11H13N3O3S. The third kappa shape index (κ3) is 3.02. The lowest BCUT2D eigenvalue weighted by molar-refractivity contribution is 0.564. The monoisotopic (exact) mass is 267 g/mol. The van der Waals surface area contributed by atoms with Crippen LogP contribution in [0.1, 0.15) is 5.56 Å². The predicted molar refractivity (Wildman–Crippen MR) is 68.3 cm³/mol. The van der Waals surface area contributed by atoms with Crippen molar-refractivity contribution in [1.82, 2.24) is 0 Å². The molecule has 0 saturated carbocycles. The third-order valence-corrected chi connectivity index (χ3v) is 3.23. The van der Waals surface area contributed by atoms with E-state index in [2.05, 4.69) is 5.32 Å². The van der Waals surface area contributed by atoms with Crippen LogP contribution in [0.2, 0.25) is 0 Å². The summed E-state index contributed by atoms with van der Waals surface area (Å²) in [6.07, 6.45) is 3.16. The Morgan fingerprint density at radius 1 is 1.28 bits per heavy atom. The minimum atomic E-state index is -3.76. The summed E-state index contributed by atoms with van der Waals surface area (Å²) in [5, 5.41) is 8.10. The average molecular weight is 267 g/mol. The molecule has 0 unspecified atom stereocenters. The molecule has 0 spiro atoms. The van der Waals surface area contributed by atoms with E-state index in [0.29, 0.717) is 17.9 Å². The fraction of sp³-hybridized carbons (Fsp3) is 0.0909. The maximum Gasteiger partial charge on any atom is 0.238 e. The Bertz CT molecular complexity index is 636. The molecule has 2 rings (SSSR count). The van der Waals surface area contributed by atoms with Crippen molar-refractivity contribution in [3.05, 3.63) is 42.4 Å². The van der Waals surface area contributed by atoms with E-state index in [1.807, 2.05) is 0 Å². The third-order valence-electron chi connectivity index (χ3n) is 2.33. The van der Waals surface area contributed by atoms with Crippen LogP contribution in [0.4, 0.5) is 11.4 Å². The van der Waals surface area contributed by atoms with Crippen LogP contribution in [0.3, 0.4) is 0 Å². The molecule has 5 N–H and O–H groups in total. The lowest BCUT2D eigenvalue weighted by Gasteiger charge is -2.08. The first kappa shape index (κ1) is 12.5. The van der Waals surface area contributed by atoms with E-state index in [-0.39, 0.29) is 4.90 Å². The molecule has 6 nitrogen and oxygen atoms in total. The predicted octanol–water partition coefficient (Wildman–Crippen LogP) is 1.12. The molecule has 0 atom stereocenters. The molecule has 0 saturated heterocycles. The van der Waals surface area contributed by atoms with Crippen LogP contribution in [0.25, 0.3) is 0 Å². The highest BCUT2D eigenvalue weighted by molar-refractivity contribution is 7.89. The van der Waals surface area contributed by atoms with Gasteiger partial charge in [-0.3, -0.25) is 0 Å². The van der Waals surface area contributed by atoms with Gasteiger partial charge in [0.2, 0.25) is 10.0 Å². The molecule has 0 fully saturated rings. The first-order valence-corrected chi connectivity index (χ1v) is 6.68. The maximum atomic E-state index is 11.2. The van der Waals surface area contributed by atoms with Crippen molar-refractivity contribution in [2.45, 2.75) is 11.4 Å². The van der Waals surface area contributed by atoms with Crippen LogP contribution in [-0.2, 0) is 16.6 Å². The SMILES string of the molecule is Nc1cc(NCc2ccoc2)cc(S(N)(=O)=O)c1. The summed E-state index contributed by atoms with van der Waals surface area (Å²) in [5.74, 6) is 0. The number of rotatable bonds is 4. The van der Waals surface area contributed by atoms with Gasteiger partial charge < -0.3 is 15.5 Å². The van der Waals surface area contributed by atoms with Gasteiger partial charge >= 0.3 is 0 Å². The molecule has 1 aromatic heterocycles. The van der Waals surface area contributed by atoms with Crippen molar-refractivity contribution in [3.63, 3.8) is 0 Å². The van der Waals surface area contributed by atoms with Crippen molar-refractivity contribution >= 4 is 21.4 Å². The van der Waals surface area contributed by atoms with Gasteiger partial charge in [-0.15, -0.1) is 0 Å². The molecule has 0 radical (unpaired) electrons. The summed E-state index contributed by atoms with van der Waals surface area (Å²) in [6, 6.07) is 6.19. The minimum absolute atomic E-state index is 0.0165. The number of hydrogen-bond acceptors (Lipinski definition) is 5. The Morgan fingerprint density at radius 3 is 2.67 bits per heavy atom. The van der Waals surface area contributed by atoms with E-state index in [4.69, 9.17) is 15.3 Å². The average Bonchev–Trinajstić information content (AvgIpc) is 2.77. The number of furan rings is 1. The lowest BCUT2D eigenvalue weighted by Crippen LogP contribution is -2.13. The van der Waals surface area contributed by atoms with Gasteiger partial charge in [-0.25, -0.2) is 13.6 Å². The molecule has 1 aromatic carbocycles. The highest BCUT2D eigenvalue weighted by Crippen LogP contribution is 2.20. The quantitative estimate of drug-likeness (QED) is 0.719. The van der Waals surface area contributed by atoms with Crippen molar-refractivity contribution < 1.29 is 12.8 Å². The van der Waals surface area contributed by atoms with E-state index < -0.39 is 10.0 Å². The minimum Gasteiger partial charge on any atom is -0.472 e. The Morgan fingerprint density at radius 2 is 2.06 bits per heavy atom. The fourth-order valence-electron chi connectivity index (χ4n) is 1.49. The molecule has 0 aliphatic heterocycles. The number of nitrogens with two attached hydrogens (primary N) is 2. The van der Waals surface area contributed by atoms with Gasteiger partial charge in [0.05, 0.1) is 17.4 Å². The van der Waals surface area contributed by atoms with Crippen molar-refractivity contribution in [3.8, 4) is 0 Å². The van der Waals surface area contributed by atoms with Crippen LogP contribution < -0.4 is 16.2 Å². The zero-order valence-electron chi connectivity index (χ0n) is 9.46. The van der Waals surface area contributed by atoms with Crippen LogP contribution in [0.15, 0.2) is 46.1 Å². The Balaban J connectivity index is 2.21. The second kappa shape index (κ2) is 4.71. The topological polar surface area (TPSA) is 111 Å². The van der Waals surface area contributed by atoms with Gasteiger partial charge in [0.25, 0.3) is 0 Å². The molecular weight excluding hydrogens is 254 g/mol. The Labute approximate surface area is 105 Å². The van der Waals surface area contributed by atoms with E-state index in [1.54, 1.807) is 24.7 Å². The molecule has 0 bridgehead atoms. The number of nitrogens with one attached hydrogen (secondary N) is 1. The molecule has 1 heterocycles. The van der Waals surface area contributed by atoms with Crippen molar-refractivity contribution in [2.75, 3.05) is 11.1 Å². The standard InChI is InChI=1S/C11H13N3O3S/c12-9-3-10(5-11(4-9)18(13,15)16)14-6-8-1-2-17-7-8/h1-5,7,14H,6,12H2,(H2,13,15,16). The van der Waals surface area contributed by atoms with Gasteiger partial charge in [0.15, 0.2) is 0 Å². The molecule has 96 valence electrons. The van der Waals surface area contributed by atoms with Crippen LogP contribution in [0.5, 0.6) is 0 Å². The molecule has 0 amide bonds. The highest BCUT2D eigenvalue weighted by atomic mass is 32.2. The Kier molecular flexibility index (Phi) is 3.26. The smallest absolute Gasteiger partial charge is 0.238 e. The van der Waals surface area contributed by atoms with Crippen LogP contribution in [0, 0.1) is 0 Å². The van der Waals surface area contributed by atoms with E-state index in [9.17, 15) is 8.42 Å². The molecule has 0 aliphatic carbocycles. The number of hydrogen-bond donors (Lipinski definition) is 3. The number of sulfonamides is 1. The second-order valence-corrected chi connectivity index (χ2v) is 5.38. The normalized spacial score (nSPS) is 11.4.